The van der Waals surface area contributed by atoms with Crippen molar-refractivity contribution < 1.29 is 14.4 Å². The van der Waals surface area contributed by atoms with Gasteiger partial charge >= 0.3 is 0 Å². The van der Waals surface area contributed by atoms with Gasteiger partial charge in [-0.3, -0.25) is 14.4 Å². The van der Waals surface area contributed by atoms with Gasteiger partial charge in [0.1, 0.15) is 0 Å². The smallest absolute Gasteiger partial charge is 0.255 e. The Kier molecular flexibility index (Phi) is 6.37. The highest BCUT2D eigenvalue weighted by molar-refractivity contribution is 6.04. The molecule has 3 rings (SSSR count). The fourth-order valence-electron chi connectivity index (χ4n) is 2.69. The Balaban J connectivity index is 1.54. The van der Waals surface area contributed by atoms with Crippen molar-refractivity contribution in [1.82, 2.24) is 5.32 Å². The second-order valence-electron chi connectivity index (χ2n) is 6.46. The largest absolute Gasteiger partial charge is 0.348 e. The number of hydrogen-bond donors (Lipinski definition) is 3. The van der Waals surface area contributed by atoms with Gasteiger partial charge < -0.3 is 16.0 Å². The maximum absolute atomic E-state index is 12.4. The molecule has 0 atom stereocenters. The van der Waals surface area contributed by atoms with Crippen molar-refractivity contribution >= 4 is 29.1 Å². The first-order valence-electron chi connectivity index (χ1n) is 9.12. The molecule has 0 aromatic heterocycles. The first-order valence-corrected chi connectivity index (χ1v) is 9.12. The number of amides is 3. The van der Waals surface area contributed by atoms with Crippen molar-refractivity contribution in [3.05, 3.63) is 95.6 Å². The lowest BCUT2D eigenvalue weighted by molar-refractivity contribution is -0.114. The lowest BCUT2D eigenvalue weighted by Gasteiger charge is -2.08. The number of hydrogen-bond acceptors (Lipinski definition) is 3. The average Bonchev–Trinajstić information content (AvgIpc) is 2.74. The van der Waals surface area contributed by atoms with Crippen LogP contribution in [0.5, 0.6) is 0 Å². The van der Waals surface area contributed by atoms with E-state index in [0.717, 1.165) is 5.56 Å². The Bertz CT molecular complexity index is 998. The molecular formula is C23H21N3O3. The summed E-state index contributed by atoms with van der Waals surface area (Å²) >= 11 is 0. The van der Waals surface area contributed by atoms with E-state index in [9.17, 15) is 14.4 Å². The summed E-state index contributed by atoms with van der Waals surface area (Å²) in [5, 5.41) is 8.33. The van der Waals surface area contributed by atoms with Crippen LogP contribution in [-0.2, 0) is 11.3 Å². The van der Waals surface area contributed by atoms with Crippen LogP contribution in [0.4, 0.5) is 11.4 Å². The minimum Gasteiger partial charge on any atom is -0.348 e. The average molecular weight is 387 g/mol. The zero-order valence-corrected chi connectivity index (χ0v) is 15.9. The number of carbonyl (C=O) groups excluding carboxylic acids is 3. The van der Waals surface area contributed by atoms with Gasteiger partial charge in [-0.1, -0.05) is 30.3 Å². The van der Waals surface area contributed by atoms with Crippen LogP contribution in [0.3, 0.4) is 0 Å². The van der Waals surface area contributed by atoms with Crippen LogP contribution in [0.2, 0.25) is 0 Å². The predicted molar refractivity (Wildman–Crippen MR) is 113 cm³/mol. The van der Waals surface area contributed by atoms with E-state index in [-0.39, 0.29) is 17.7 Å². The van der Waals surface area contributed by atoms with Gasteiger partial charge in [0.15, 0.2) is 0 Å². The highest BCUT2D eigenvalue weighted by Crippen LogP contribution is 2.15. The maximum Gasteiger partial charge on any atom is 0.255 e. The number of nitrogens with one attached hydrogen (secondary N) is 3. The van der Waals surface area contributed by atoms with Crippen molar-refractivity contribution in [2.45, 2.75) is 13.5 Å². The molecule has 0 saturated heterocycles. The molecule has 0 saturated carbocycles. The van der Waals surface area contributed by atoms with E-state index >= 15 is 0 Å². The Morgan fingerprint density at radius 2 is 1.21 bits per heavy atom. The normalized spacial score (nSPS) is 10.1. The summed E-state index contributed by atoms with van der Waals surface area (Å²) in [6, 6.07) is 22.9. The summed E-state index contributed by atoms with van der Waals surface area (Å²) in [4.78, 5) is 35.5. The molecule has 0 aliphatic heterocycles. The molecule has 0 aliphatic carbocycles. The van der Waals surface area contributed by atoms with Crippen LogP contribution in [0.25, 0.3) is 0 Å². The van der Waals surface area contributed by atoms with Gasteiger partial charge in [0, 0.05) is 36.0 Å². The van der Waals surface area contributed by atoms with Crippen LogP contribution in [-0.4, -0.2) is 17.7 Å². The minimum atomic E-state index is -0.239. The van der Waals surface area contributed by atoms with Crippen LogP contribution >= 0.6 is 0 Å². The monoisotopic (exact) mass is 387 g/mol. The molecule has 0 bridgehead atoms. The van der Waals surface area contributed by atoms with Crippen LogP contribution in [0.15, 0.2) is 78.9 Å². The quantitative estimate of drug-likeness (QED) is 0.601. The molecular weight excluding hydrogens is 366 g/mol. The zero-order chi connectivity index (χ0) is 20.6. The molecule has 0 fully saturated rings. The van der Waals surface area contributed by atoms with E-state index in [1.165, 1.54) is 6.92 Å². The molecule has 0 unspecified atom stereocenters. The second kappa shape index (κ2) is 9.32. The van der Waals surface area contributed by atoms with Gasteiger partial charge in [0.05, 0.1) is 0 Å². The Morgan fingerprint density at radius 3 is 1.79 bits per heavy atom. The van der Waals surface area contributed by atoms with Crippen LogP contribution < -0.4 is 16.0 Å². The van der Waals surface area contributed by atoms with Gasteiger partial charge in [0.25, 0.3) is 11.8 Å². The highest BCUT2D eigenvalue weighted by atomic mass is 16.2. The molecule has 6 nitrogen and oxygen atoms in total. The molecule has 6 heteroatoms. The summed E-state index contributed by atoms with van der Waals surface area (Å²) in [5.41, 5.74) is 3.30. The van der Waals surface area contributed by atoms with Gasteiger partial charge in [-0.15, -0.1) is 0 Å². The first-order chi connectivity index (χ1) is 14.0. The molecule has 3 aromatic rings. The van der Waals surface area contributed by atoms with Gasteiger partial charge in [-0.05, 0) is 54.1 Å². The standard InChI is InChI=1S/C23H21N3O3/c1-16(27)25-20-11-13-21(14-12-20)26-23(29)19-9-7-17(8-10-19)15-24-22(28)18-5-3-2-4-6-18/h2-14H,15H2,1H3,(H,24,28)(H,25,27)(H,26,29). The van der Waals surface area contributed by atoms with Crippen molar-refractivity contribution in [1.29, 1.82) is 0 Å². The zero-order valence-electron chi connectivity index (χ0n) is 15.9. The first kappa shape index (κ1) is 19.8. The molecule has 0 heterocycles. The van der Waals surface area contributed by atoms with E-state index < -0.39 is 0 Å². The van der Waals surface area contributed by atoms with Crippen molar-refractivity contribution in [2.24, 2.45) is 0 Å². The Morgan fingerprint density at radius 1 is 0.655 bits per heavy atom. The van der Waals surface area contributed by atoms with Gasteiger partial charge in [-0.2, -0.15) is 0 Å². The number of benzene rings is 3. The molecule has 146 valence electrons. The molecule has 3 amide bonds. The molecule has 29 heavy (non-hydrogen) atoms. The summed E-state index contributed by atoms with van der Waals surface area (Å²) in [5.74, 6) is -0.533. The number of anilines is 2. The fourth-order valence-corrected chi connectivity index (χ4v) is 2.69. The third-order valence-electron chi connectivity index (χ3n) is 4.17. The SMILES string of the molecule is CC(=O)Nc1ccc(NC(=O)c2ccc(CNC(=O)c3ccccc3)cc2)cc1. The maximum atomic E-state index is 12.4. The summed E-state index contributed by atoms with van der Waals surface area (Å²) in [7, 11) is 0. The minimum absolute atomic E-state index is 0.143. The van der Waals surface area contributed by atoms with Crippen molar-refractivity contribution in [2.75, 3.05) is 10.6 Å². The summed E-state index contributed by atoms with van der Waals surface area (Å²) < 4.78 is 0. The molecule has 0 aliphatic rings. The number of carbonyl (C=O) groups is 3. The lowest BCUT2D eigenvalue weighted by Crippen LogP contribution is -2.22. The second-order valence-corrected chi connectivity index (χ2v) is 6.46. The van der Waals surface area contributed by atoms with Crippen molar-refractivity contribution in [3.63, 3.8) is 0 Å². The van der Waals surface area contributed by atoms with E-state index in [2.05, 4.69) is 16.0 Å². The van der Waals surface area contributed by atoms with Crippen LogP contribution in [0, 0.1) is 0 Å². The highest BCUT2D eigenvalue weighted by Gasteiger charge is 2.08. The summed E-state index contributed by atoms with van der Waals surface area (Å²) in [6.45, 7) is 1.81. The Hall–Kier alpha value is -3.93. The number of rotatable bonds is 6. The summed E-state index contributed by atoms with van der Waals surface area (Å²) in [6.07, 6.45) is 0. The van der Waals surface area contributed by atoms with Gasteiger partial charge in [-0.25, -0.2) is 0 Å². The van der Waals surface area contributed by atoms with E-state index in [1.54, 1.807) is 60.7 Å². The Labute approximate surface area is 169 Å². The van der Waals surface area contributed by atoms with E-state index in [4.69, 9.17) is 0 Å². The third-order valence-corrected chi connectivity index (χ3v) is 4.17. The fraction of sp³-hybridized carbons (Fsp3) is 0.0870. The molecule has 0 radical (unpaired) electrons. The third kappa shape index (κ3) is 5.77. The van der Waals surface area contributed by atoms with Crippen molar-refractivity contribution in [3.8, 4) is 0 Å². The molecule has 3 aromatic carbocycles. The van der Waals surface area contributed by atoms with Gasteiger partial charge in [0.2, 0.25) is 5.91 Å². The predicted octanol–water partition coefficient (Wildman–Crippen LogP) is 3.83. The van der Waals surface area contributed by atoms with E-state index in [0.29, 0.717) is 29.0 Å². The molecule has 0 spiro atoms. The lowest BCUT2D eigenvalue weighted by atomic mass is 10.1. The van der Waals surface area contributed by atoms with E-state index in [1.807, 2.05) is 18.2 Å². The molecule has 3 N–H and O–H groups in total. The van der Waals surface area contributed by atoms with Crippen LogP contribution in [0.1, 0.15) is 33.2 Å². The topological polar surface area (TPSA) is 87.3 Å².